The fourth-order valence-electron chi connectivity index (χ4n) is 4.97. The quantitative estimate of drug-likeness (QED) is 0.289. The molecule has 1 aromatic carbocycles. The first kappa shape index (κ1) is 28.4. The van der Waals surface area contributed by atoms with Crippen molar-refractivity contribution in [2.45, 2.75) is 18.9 Å². The van der Waals surface area contributed by atoms with Crippen LogP contribution < -0.4 is 20.4 Å². The number of nitrogens with zero attached hydrogens (tertiary/aromatic N) is 8. The summed E-state index contributed by atoms with van der Waals surface area (Å²) in [7, 11) is 10.4. The number of pyridine rings is 2. The summed E-state index contributed by atoms with van der Waals surface area (Å²) in [4.78, 5) is 27.8. The maximum atomic E-state index is 13.4. The normalized spacial score (nSPS) is 14.2. The largest absolute Gasteiger partial charge is 0.370 e. The van der Waals surface area contributed by atoms with Gasteiger partial charge in [-0.3, -0.25) is 0 Å². The molecule has 41 heavy (non-hydrogen) atoms. The number of fused-ring (bicyclic) bond motifs is 1. The molecule has 4 heterocycles. The van der Waals surface area contributed by atoms with Crippen molar-refractivity contribution in [2.24, 2.45) is 0 Å². The minimum atomic E-state index is -0.294. The number of anilines is 6. The Morgan fingerprint density at radius 3 is 2.24 bits per heavy atom. The number of halogens is 1. The maximum Gasteiger partial charge on any atom is 0.229 e. The number of nitrogens with one attached hydrogen (secondary N) is 2. The van der Waals surface area contributed by atoms with Gasteiger partial charge in [-0.1, -0.05) is 0 Å². The third kappa shape index (κ3) is 7.17. The highest BCUT2D eigenvalue weighted by atomic mass is 19.1. The van der Waals surface area contributed by atoms with Crippen LogP contribution >= 0.6 is 0 Å². The number of rotatable bonds is 10. The summed E-state index contributed by atoms with van der Waals surface area (Å²) < 4.78 is 13.4. The van der Waals surface area contributed by atoms with Crippen LogP contribution in [0.2, 0.25) is 0 Å². The van der Waals surface area contributed by atoms with Crippen LogP contribution in [-0.4, -0.2) is 97.2 Å². The first-order valence-corrected chi connectivity index (χ1v) is 14.0. The molecule has 0 bridgehead atoms. The summed E-state index contributed by atoms with van der Waals surface area (Å²) in [6.07, 6.45) is 5.98. The van der Waals surface area contributed by atoms with Crippen molar-refractivity contribution in [3.8, 4) is 0 Å². The van der Waals surface area contributed by atoms with Gasteiger partial charge < -0.3 is 30.2 Å². The van der Waals surface area contributed by atoms with Crippen LogP contribution in [0.15, 0.2) is 54.9 Å². The molecule has 0 amide bonds. The number of hydrogen-bond acceptors (Lipinski definition) is 10. The second kappa shape index (κ2) is 12.6. The second-order valence-corrected chi connectivity index (χ2v) is 11.0. The molecule has 0 atom stereocenters. The lowest BCUT2D eigenvalue weighted by atomic mass is 10.0. The Labute approximate surface area is 241 Å². The molecular weight excluding hydrogens is 519 g/mol. The Bertz CT molecular complexity index is 1430. The number of hydrogen-bond donors (Lipinski definition) is 2. The standard InChI is InChI=1S/C30H39FN10/c1-38(2)16-17-40(5)29-25-18-28(33-20-26(25)35-30(37-29)34-22-8-6-21(31)7-9-22)36-27-11-10-24(19-32-27)41-14-12-23(13-15-41)39(3)4/h6-11,18-20,23H,12-17H2,1-5H3,(H,32,33,36)(H,34,35,37). The molecule has 2 N–H and O–H groups in total. The lowest BCUT2D eigenvalue weighted by Crippen LogP contribution is -2.42. The molecule has 10 nitrogen and oxygen atoms in total. The summed E-state index contributed by atoms with van der Waals surface area (Å²) in [5.41, 5.74) is 2.54. The Morgan fingerprint density at radius 1 is 0.854 bits per heavy atom. The van der Waals surface area contributed by atoms with Gasteiger partial charge in [-0.05, 0) is 83.5 Å². The van der Waals surface area contributed by atoms with Crippen molar-refractivity contribution in [3.63, 3.8) is 0 Å². The van der Waals surface area contributed by atoms with Crippen LogP contribution in [-0.2, 0) is 0 Å². The van der Waals surface area contributed by atoms with Crippen LogP contribution in [0.4, 0.5) is 39.2 Å². The third-order valence-electron chi connectivity index (χ3n) is 7.47. The van der Waals surface area contributed by atoms with E-state index in [2.05, 4.69) is 60.4 Å². The first-order valence-electron chi connectivity index (χ1n) is 14.0. The minimum Gasteiger partial charge on any atom is -0.370 e. The molecule has 0 aliphatic carbocycles. The van der Waals surface area contributed by atoms with E-state index < -0.39 is 0 Å². The summed E-state index contributed by atoms with van der Waals surface area (Å²) in [6, 6.07) is 12.8. The van der Waals surface area contributed by atoms with Gasteiger partial charge in [-0.2, -0.15) is 4.98 Å². The zero-order valence-electron chi connectivity index (χ0n) is 24.5. The predicted octanol–water partition coefficient (Wildman–Crippen LogP) is 4.57. The van der Waals surface area contributed by atoms with E-state index >= 15 is 0 Å². The zero-order valence-corrected chi connectivity index (χ0v) is 24.5. The van der Waals surface area contributed by atoms with E-state index in [0.717, 1.165) is 61.7 Å². The Balaban J connectivity index is 1.36. The molecule has 1 fully saturated rings. The average Bonchev–Trinajstić information content (AvgIpc) is 2.97. The Kier molecular flexibility index (Phi) is 8.75. The first-order chi connectivity index (χ1) is 19.7. The smallest absolute Gasteiger partial charge is 0.229 e. The number of benzene rings is 1. The lowest BCUT2D eigenvalue weighted by molar-refractivity contribution is 0.249. The molecule has 0 spiro atoms. The number of piperidine rings is 1. The van der Waals surface area contributed by atoms with Crippen molar-refractivity contribution in [3.05, 3.63) is 60.7 Å². The van der Waals surface area contributed by atoms with Gasteiger partial charge >= 0.3 is 0 Å². The Morgan fingerprint density at radius 2 is 1.59 bits per heavy atom. The molecular formula is C30H39FN10. The van der Waals surface area contributed by atoms with Crippen molar-refractivity contribution in [2.75, 3.05) is 81.9 Å². The fraction of sp³-hybridized carbons (Fsp3) is 0.400. The molecule has 3 aromatic heterocycles. The van der Waals surface area contributed by atoms with E-state index in [1.165, 1.54) is 12.1 Å². The van der Waals surface area contributed by atoms with Gasteiger partial charge in [0.15, 0.2) is 0 Å². The van der Waals surface area contributed by atoms with Gasteiger partial charge in [0, 0.05) is 50.3 Å². The van der Waals surface area contributed by atoms with Crippen molar-refractivity contribution in [1.82, 2.24) is 29.7 Å². The van der Waals surface area contributed by atoms with Gasteiger partial charge in [0.2, 0.25) is 5.95 Å². The highest BCUT2D eigenvalue weighted by Crippen LogP contribution is 2.29. The fourth-order valence-corrected chi connectivity index (χ4v) is 4.97. The van der Waals surface area contributed by atoms with Gasteiger partial charge in [-0.25, -0.2) is 19.3 Å². The van der Waals surface area contributed by atoms with Crippen molar-refractivity contribution < 1.29 is 4.39 Å². The minimum absolute atomic E-state index is 0.294. The van der Waals surface area contributed by atoms with Gasteiger partial charge in [0.25, 0.3) is 0 Å². The van der Waals surface area contributed by atoms with E-state index in [0.29, 0.717) is 29.0 Å². The van der Waals surface area contributed by atoms with E-state index in [4.69, 9.17) is 9.97 Å². The molecule has 0 radical (unpaired) electrons. The lowest BCUT2D eigenvalue weighted by Gasteiger charge is -2.36. The van der Waals surface area contributed by atoms with Crippen LogP contribution in [0.1, 0.15) is 12.8 Å². The van der Waals surface area contributed by atoms with Crippen molar-refractivity contribution in [1.29, 1.82) is 0 Å². The topological polar surface area (TPSA) is 88.6 Å². The number of aromatic nitrogens is 4. The molecule has 1 aliphatic rings. The SMILES string of the molecule is CN(C)CCN(C)c1nc(Nc2ccc(F)cc2)nc2cnc(Nc3ccc(N4CCC(N(C)C)CC4)cn3)cc12. The van der Waals surface area contributed by atoms with Crippen LogP contribution in [0.3, 0.4) is 0 Å². The van der Waals surface area contributed by atoms with Crippen LogP contribution in [0.25, 0.3) is 10.9 Å². The molecule has 216 valence electrons. The monoisotopic (exact) mass is 558 g/mol. The summed E-state index contributed by atoms with van der Waals surface area (Å²) >= 11 is 0. The van der Waals surface area contributed by atoms with Crippen LogP contribution in [0, 0.1) is 5.82 Å². The zero-order chi connectivity index (χ0) is 28.9. The van der Waals surface area contributed by atoms with E-state index in [1.54, 1.807) is 18.3 Å². The van der Waals surface area contributed by atoms with Crippen molar-refractivity contribution >= 4 is 45.7 Å². The molecule has 1 aliphatic heterocycles. The van der Waals surface area contributed by atoms with E-state index in [9.17, 15) is 4.39 Å². The molecule has 4 aromatic rings. The molecule has 5 rings (SSSR count). The molecule has 1 saturated heterocycles. The van der Waals surface area contributed by atoms with Crippen LogP contribution in [0.5, 0.6) is 0 Å². The highest BCUT2D eigenvalue weighted by Gasteiger charge is 2.21. The third-order valence-corrected chi connectivity index (χ3v) is 7.47. The molecule has 0 unspecified atom stereocenters. The second-order valence-electron chi connectivity index (χ2n) is 11.0. The van der Waals surface area contributed by atoms with Gasteiger partial charge in [0.05, 0.1) is 23.6 Å². The summed E-state index contributed by atoms with van der Waals surface area (Å²) in [5.74, 6) is 2.29. The van der Waals surface area contributed by atoms with Gasteiger partial charge in [-0.15, -0.1) is 0 Å². The molecule has 0 saturated carbocycles. The van der Waals surface area contributed by atoms with E-state index in [1.807, 2.05) is 39.5 Å². The van der Waals surface area contributed by atoms with Gasteiger partial charge in [0.1, 0.15) is 23.3 Å². The molecule has 11 heteroatoms. The predicted molar refractivity (Wildman–Crippen MR) is 165 cm³/mol. The summed E-state index contributed by atoms with van der Waals surface area (Å²) in [6.45, 7) is 3.70. The Hall–Kier alpha value is -4.09. The highest BCUT2D eigenvalue weighted by molar-refractivity contribution is 5.92. The van der Waals surface area contributed by atoms with E-state index in [-0.39, 0.29) is 5.82 Å². The maximum absolute atomic E-state index is 13.4. The summed E-state index contributed by atoms with van der Waals surface area (Å²) in [5, 5.41) is 7.40. The number of likely N-dealkylation sites (N-methyl/N-ethyl adjacent to an activating group) is 2. The average molecular weight is 559 g/mol.